The van der Waals surface area contributed by atoms with Crippen molar-refractivity contribution in [3.8, 4) is 0 Å². The summed E-state index contributed by atoms with van der Waals surface area (Å²) >= 11 is 1.69. The molecule has 0 bridgehead atoms. The zero-order valence-corrected chi connectivity index (χ0v) is 14.2. The van der Waals surface area contributed by atoms with Crippen molar-refractivity contribution >= 4 is 22.5 Å². The second-order valence-corrected chi connectivity index (χ2v) is 6.69. The lowest BCUT2D eigenvalue weighted by atomic mass is 10.3. The van der Waals surface area contributed by atoms with E-state index >= 15 is 0 Å². The fourth-order valence-electron chi connectivity index (χ4n) is 2.38. The zero-order chi connectivity index (χ0) is 15.9. The molecule has 6 nitrogen and oxygen atoms in total. The van der Waals surface area contributed by atoms with E-state index in [0.29, 0.717) is 19.5 Å². The fraction of sp³-hybridized carbons (Fsp3) is 0.733. The van der Waals surface area contributed by atoms with Gasteiger partial charge in [-0.1, -0.05) is 0 Å². The molecule has 1 saturated heterocycles. The standard InChI is InChI=1S/C15H26N4O2S/c1-12(20)6-10-18(2)14(21)16-7-5-13-11-22-15(17-13)19-8-3-4-9-19/h11-12,20H,3-10H2,1-2H3,(H,16,21). The molecule has 1 unspecified atom stereocenters. The number of hydrogen-bond acceptors (Lipinski definition) is 5. The molecular weight excluding hydrogens is 300 g/mol. The van der Waals surface area contributed by atoms with E-state index < -0.39 is 0 Å². The Hall–Kier alpha value is -1.34. The van der Waals surface area contributed by atoms with Gasteiger partial charge >= 0.3 is 6.03 Å². The Morgan fingerprint density at radius 3 is 2.95 bits per heavy atom. The molecule has 0 saturated carbocycles. The predicted octanol–water partition coefficient (Wildman–Crippen LogP) is 1.70. The minimum Gasteiger partial charge on any atom is -0.393 e. The minimum atomic E-state index is -0.380. The summed E-state index contributed by atoms with van der Waals surface area (Å²) in [5, 5.41) is 15.3. The molecule has 2 amide bonds. The van der Waals surface area contributed by atoms with Crippen molar-refractivity contribution in [2.75, 3.05) is 38.1 Å². The number of aliphatic hydroxyl groups excluding tert-OH is 1. The molecule has 0 aromatic carbocycles. The van der Waals surface area contributed by atoms with Crippen LogP contribution in [-0.4, -0.2) is 60.4 Å². The Morgan fingerprint density at radius 1 is 1.55 bits per heavy atom. The monoisotopic (exact) mass is 326 g/mol. The number of urea groups is 1. The highest BCUT2D eigenvalue weighted by Crippen LogP contribution is 2.24. The molecule has 1 aliphatic heterocycles. The van der Waals surface area contributed by atoms with Crippen molar-refractivity contribution in [1.29, 1.82) is 0 Å². The number of anilines is 1. The lowest BCUT2D eigenvalue weighted by Gasteiger charge is -2.18. The molecule has 1 aromatic rings. The lowest BCUT2D eigenvalue weighted by molar-refractivity contribution is 0.163. The van der Waals surface area contributed by atoms with Crippen molar-refractivity contribution in [3.05, 3.63) is 11.1 Å². The van der Waals surface area contributed by atoms with Gasteiger partial charge in [-0.15, -0.1) is 11.3 Å². The Kier molecular flexibility index (Phi) is 6.45. The minimum absolute atomic E-state index is 0.101. The molecular formula is C15H26N4O2S. The van der Waals surface area contributed by atoms with E-state index in [1.807, 2.05) is 0 Å². The van der Waals surface area contributed by atoms with Crippen molar-refractivity contribution in [2.45, 2.75) is 38.7 Å². The third-order valence-electron chi connectivity index (χ3n) is 3.80. The van der Waals surface area contributed by atoms with Gasteiger partial charge in [-0.2, -0.15) is 0 Å². The number of carbonyl (C=O) groups excluding carboxylic acids is 1. The molecule has 2 N–H and O–H groups in total. The Balaban J connectivity index is 1.68. The maximum atomic E-state index is 11.9. The van der Waals surface area contributed by atoms with Crippen LogP contribution < -0.4 is 10.2 Å². The van der Waals surface area contributed by atoms with Gasteiger partial charge in [0.2, 0.25) is 0 Å². The summed E-state index contributed by atoms with van der Waals surface area (Å²) in [5.74, 6) is 0. The van der Waals surface area contributed by atoms with Crippen LogP contribution in [0.25, 0.3) is 0 Å². The molecule has 22 heavy (non-hydrogen) atoms. The highest BCUT2D eigenvalue weighted by Gasteiger charge is 2.15. The molecule has 124 valence electrons. The topological polar surface area (TPSA) is 68.7 Å². The van der Waals surface area contributed by atoms with Crippen LogP contribution in [0.5, 0.6) is 0 Å². The van der Waals surface area contributed by atoms with Gasteiger partial charge in [0.25, 0.3) is 0 Å². The number of rotatable bonds is 7. The van der Waals surface area contributed by atoms with Gasteiger partial charge in [0.1, 0.15) is 0 Å². The first-order chi connectivity index (χ1) is 10.6. The molecule has 7 heteroatoms. The number of amides is 2. The number of thiazole rings is 1. The SMILES string of the molecule is CC(O)CCN(C)C(=O)NCCc1csc(N2CCCC2)n1. The summed E-state index contributed by atoms with van der Waals surface area (Å²) < 4.78 is 0. The van der Waals surface area contributed by atoms with E-state index in [9.17, 15) is 9.90 Å². The smallest absolute Gasteiger partial charge is 0.317 e. The van der Waals surface area contributed by atoms with E-state index in [1.165, 1.54) is 12.8 Å². The van der Waals surface area contributed by atoms with Crippen LogP contribution in [-0.2, 0) is 6.42 Å². The Labute approximate surface area is 136 Å². The molecule has 1 aliphatic rings. The number of nitrogens with zero attached hydrogens (tertiary/aromatic N) is 3. The van der Waals surface area contributed by atoms with E-state index in [4.69, 9.17) is 0 Å². The third-order valence-corrected chi connectivity index (χ3v) is 4.75. The summed E-state index contributed by atoms with van der Waals surface area (Å²) in [4.78, 5) is 20.4. The van der Waals surface area contributed by atoms with E-state index in [1.54, 1.807) is 30.2 Å². The van der Waals surface area contributed by atoms with Gasteiger partial charge in [0, 0.05) is 45.0 Å². The van der Waals surface area contributed by atoms with Crippen LogP contribution in [0.1, 0.15) is 31.9 Å². The highest BCUT2D eigenvalue weighted by molar-refractivity contribution is 7.13. The summed E-state index contributed by atoms with van der Waals surface area (Å²) in [6.45, 7) is 5.09. The van der Waals surface area contributed by atoms with Crippen LogP contribution in [0.15, 0.2) is 5.38 Å². The summed E-state index contributed by atoms with van der Waals surface area (Å²) in [6, 6.07) is -0.101. The fourth-order valence-corrected chi connectivity index (χ4v) is 3.29. The number of hydrogen-bond donors (Lipinski definition) is 2. The molecule has 1 fully saturated rings. The van der Waals surface area contributed by atoms with Crippen LogP contribution in [0, 0.1) is 0 Å². The van der Waals surface area contributed by atoms with Gasteiger partial charge in [-0.3, -0.25) is 0 Å². The molecule has 0 spiro atoms. The number of aliphatic hydroxyl groups is 1. The predicted molar refractivity (Wildman–Crippen MR) is 89.6 cm³/mol. The summed E-state index contributed by atoms with van der Waals surface area (Å²) in [6.07, 6.45) is 3.47. The van der Waals surface area contributed by atoms with E-state index in [2.05, 4.69) is 20.6 Å². The van der Waals surface area contributed by atoms with Gasteiger partial charge < -0.3 is 20.2 Å². The zero-order valence-electron chi connectivity index (χ0n) is 13.4. The van der Waals surface area contributed by atoms with E-state index in [-0.39, 0.29) is 12.1 Å². The average Bonchev–Trinajstić information content (AvgIpc) is 3.15. The van der Waals surface area contributed by atoms with Crippen LogP contribution in [0.2, 0.25) is 0 Å². The first kappa shape index (κ1) is 17.0. The maximum Gasteiger partial charge on any atom is 0.317 e. The molecule has 0 aliphatic carbocycles. The average molecular weight is 326 g/mol. The first-order valence-electron chi connectivity index (χ1n) is 7.92. The van der Waals surface area contributed by atoms with Crippen LogP contribution in [0.3, 0.4) is 0 Å². The van der Waals surface area contributed by atoms with Gasteiger partial charge in [-0.05, 0) is 26.2 Å². The number of carbonyl (C=O) groups is 1. The normalized spacial score (nSPS) is 15.9. The van der Waals surface area contributed by atoms with Crippen molar-refractivity contribution in [3.63, 3.8) is 0 Å². The van der Waals surface area contributed by atoms with Gasteiger partial charge in [-0.25, -0.2) is 9.78 Å². The van der Waals surface area contributed by atoms with Crippen LogP contribution in [0.4, 0.5) is 9.93 Å². The van der Waals surface area contributed by atoms with Crippen molar-refractivity contribution in [1.82, 2.24) is 15.2 Å². The van der Waals surface area contributed by atoms with Crippen molar-refractivity contribution < 1.29 is 9.90 Å². The second-order valence-electron chi connectivity index (χ2n) is 5.86. The maximum absolute atomic E-state index is 11.9. The summed E-state index contributed by atoms with van der Waals surface area (Å²) in [5.41, 5.74) is 1.04. The molecule has 2 rings (SSSR count). The highest BCUT2D eigenvalue weighted by atomic mass is 32.1. The Morgan fingerprint density at radius 2 is 2.27 bits per heavy atom. The summed E-state index contributed by atoms with van der Waals surface area (Å²) in [7, 11) is 1.74. The first-order valence-corrected chi connectivity index (χ1v) is 8.80. The van der Waals surface area contributed by atoms with Crippen molar-refractivity contribution in [2.24, 2.45) is 0 Å². The quantitative estimate of drug-likeness (QED) is 0.800. The number of aromatic nitrogens is 1. The second kappa shape index (κ2) is 8.33. The molecule has 1 atom stereocenters. The molecule has 2 heterocycles. The largest absolute Gasteiger partial charge is 0.393 e. The molecule has 0 radical (unpaired) electrons. The lowest BCUT2D eigenvalue weighted by Crippen LogP contribution is -2.39. The molecule has 1 aromatic heterocycles. The number of nitrogens with one attached hydrogen (secondary N) is 1. The van der Waals surface area contributed by atoms with Crippen LogP contribution >= 0.6 is 11.3 Å². The third kappa shape index (κ3) is 5.14. The van der Waals surface area contributed by atoms with Gasteiger partial charge in [0.05, 0.1) is 11.8 Å². The van der Waals surface area contributed by atoms with E-state index in [0.717, 1.165) is 30.3 Å². The Bertz CT molecular complexity index is 472. The van der Waals surface area contributed by atoms with Gasteiger partial charge in [0.15, 0.2) is 5.13 Å².